The number of nitrogens with one attached hydrogen (secondary N) is 1. The van der Waals surface area contributed by atoms with Gasteiger partial charge in [0.05, 0.1) is 12.5 Å². The molecule has 1 aromatic carbocycles. The highest BCUT2D eigenvalue weighted by Gasteiger charge is 2.31. The number of alkyl halides is 3. The van der Waals surface area contributed by atoms with E-state index in [0.29, 0.717) is 17.6 Å². The zero-order chi connectivity index (χ0) is 17.3. The average Bonchev–Trinajstić information content (AvgIpc) is 2.90. The van der Waals surface area contributed by atoms with Crippen LogP contribution in [0.3, 0.4) is 0 Å². The first kappa shape index (κ1) is 16.6. The fraction of sp³-hybridized carbons (Fsp3) is 0.353. The number of amides is 1. The number of ether oxygens (including phenoxy) is 2. The molecule has 0 bridgehead atoms. The summed E-state index contributed by atoms with van der Waals surface area (Å²) in [7, 11) is 1.50. The summed E-state index contributed by atoms with van der Waals surface area (Å²) >= 11 is 0. The van der Waals surface area contributed by atoms with Gasteiger partial charge in [0.15, 0.2) is 6.61 Å². The van der Waals surface area contributed by atoms with Crippen molar-refractivity contribution in [3.8, 4) is 0 Å². The first-order chi connectivity index (χ1) is 11.4. The molecule has 0 aromatic heterocycles. The van der Waals surface area contributed by atoms with E-state index < -0.39 is 18.9 Å². The number of carbonyl (C=O) groups excluding carboxylic acids is 1. The maximum absolute atomic E-state index is 12.5. The Morgan fingerprint density at radius 2 is 2.12 bits per heavy atom. The first-order valence-electron chi connectivity index (χ1n) is 7.43. The van der Waals surface area contributed by atoms with Gasteiger partial charge in [-0.25, -0.2) is 0 Å². The van der Waals surface area contributed by atoms with Gasteiger partial charge in [0.2, 0.25) is 5.91 Å². The molecule has 0 radical (unpaired) electrons. The highest BCUT2D eigenvalue weighted by molar-refractivity contribution is 5.99. The molecule has 1 atom stereocenters. The zero-order valence-corrected chi connectivity index (χ0v) is 12.9. The van der Waals surface area contributed by atoms with Crippen molar-refractivity contribution in [2.75, 3.05) is 19.0 Å². The number of benzene rings is 1. The normalized spacial score (nSPS) is 20.2. The SMILES string of the molecule is COC1CC=CC(OCC(F)(F)F)=C1c1ccc2c(c1)CC(=O)N2. The Morgan fingerprint density at radius 1 is 1.33 bits per heavy atom. The van der Waals surface area contributed by atoms with Crippen molar-refractivity contribution >= 4 is 17.2 Å². The lowest BCUT2D eigenvalue weighted by Crippen LogP contribution is -2.21. The first-order valence-corrected chi connectivity index (χ1v) is 7.43. The Labute approximate surface area is 136 Å². The minimum absolute atomic E-state index is 0.100. The Bertz CT molecular complexity index is 722. The zero-order valence-electron chi connectivity index (χ0n) is 12.9. The van der Waals surface area contributed by atoms with Crippen molar-refractivity contribution in [2.45, 2.75) is 25.1 Å². The number of carbonyl (C=O) groups is 1. The Balaban J connectivity index is 1.98. The Kier molecular flexibility index (Phi) is 4.36. The molecule has 0 saturated carbocycles. The number of anilines is 1. The average molecular weight is 339 g/mol. The minimum Gasteiger partial charge on any atom is -0.484 e. The molecule has 1 aliphatic carbocycles. The Morgan fingerprint density at radius 3 is 2.83 bits per heavy atom. The molecule has 1 aromatic rings. The van der Waals surface area contributed by atoms with Crippen LogP contribution in [0.15, 0.2) is 36.1 Å². The third-order valence-corrected chi connectivity index (χ3v) is 3.92. The van der Waals surface area contributed by atoms with Crippen LogP contribution in [-0.4, -0.2) is 31.9 Å². The van der Waals surface area contributed by atoms with E-state index in [2.05, 4.69) is 5.32 Å². The molecule has 24 heavy (non-hydrogen) atoms. The third kappa shape index (κ3) is 3.46. The van der Waals surface area contributed by atoms with E-state index in [0.717, 1.165) is 11.3 Å². The van der Waals surface area contributed by atoms with Crippen molar-refractivity contribution < 1.29 is 27.4 Å². The van der Waals surface area contributed by atoms with Gasteiger partial charge in [-0.15, -0.1) is 0 Å². The van der Waals surface area contributed by atoms with Crippen molar-refractivity contribution in [2.24, 2.45) is 0 Å². The summed E-state index contributed by atoms with van der Waals surface area (Å²) in [6, 6.07) is 5.29. The van der Waals surface area contributed by atoms with Crippen LogP contribution in [0.25, 0.3) is 5.57 Å². The Hall–Kier alpha value is -2.28. The molecule has 7 heteroatoms. The second-order valence-corrected chi connectivity index (χ2v) is 5.64. The molecule has 1 aliphatic heterocycles. The molecule has 0 fully saturated rings. The van der Waals surface area contributed by atoms with E-state index in [-0.39, 0.29) is 18.1 Å². The molecular weight excluding hydrogens is 323 g/mol. The fourth-order valence-corrected chi connectivity index (χ4v) is 2.89. The predicted octanol–water partition coefficient (Wildman–Crippen LogP) is 3.45. The van der Waals surface area contributed by atoms with Crippen molar-refractivity contribution in [1.29, 1.82) is 0 Å². The summed E-state index contributed by atoms with van der Waals surface area (Å²) < 4.78 is 47.9. The topological polar surface area (TPSA) is 47.6 Å². The van der Waals surface area contributed by atoms with Crippen LogP contribution < -0.4 is 5.32 Å². The van der Waals surface area contributed by atoms with Gasteiger partial charge in [0.1, 0.15) is 5.76 Å². The fourth-order valence-electron chi connectivity index (χ4n) is 2.89. The van der Waals surface area contributed by atoms with Gasteiger partial charge in [0.25, 0.3) is 0 Å². The maximum Gasteiger partial charge on any atom is 0.422 e. The molecular formula is C17H16F3NO3. The quantitative estimate of drug-likeness (QED) is 0.914. The van der Waals surface area contributed by atoms with Gasteiger partial charge < -0.3 is 14.8 Å². The van der Waals surface area contributed by atoms with Crippen LogP contribution in [0, 0.1) is 0 Å². The molecule has 0 spiro atoms. The number of methoxy groups -OCH3 is 1. The van der Waals surface area contributed by atoms with Crippen LogP contribution in [0.1, 0.15) is 17.5 Å². The largest absolute Gasteiger partial charge is 0.484 e. The van der Waals surface area contributed by atoms with E-state index >= 15 is 0 Å². The van der Waals surface area contributed by atoms with Gasteiger partial charge in [0, 0.05) is 18.4 Å². The monoisotopic (exact) mass is 339 g/mol. The van der Waals surface area contributed by atoms with Crippen LogP contribution in [0.4, 0.5) is 18.9 Å². The number of hydrogen-bond acceptors (Lipinski definition) is 3. The second-order valence-electron chi connectivity index (χ2n) is 5.64. The molecule has 4 nitrogen and oxygen atoms in total. The van der Waals surface area contributed by atoms with Gasteiger partial charge in [-0.2, -0.15) is 13.2 Å². The van der Waals surface area contributed by atoms with Gasteiger partial charge >= 0.3 is 6.18 Å². The van der Waals surface area contributed by atoms with Crippen LogP contribution in [0.5, 0.6) is 0 Å². The van der Waals surface area contributed by atoms with E-state index in [4.69, 9.17) is 9.47 Å². The lowest BCUT2D eigenvalue weighted by Gasteiger charge is -2.25. The minimum atomic E-state index is -4.42. The lowest BCUT2D eigenvalue weighted by molar-refractivity contribution is -0.163. The maximum atomic E-state index is 12.5. The number of rotatable bonds is 4. The number of fused-ring (bicyclic) bond motifs is 1. The predicted molar refractivity (Wildman–Crippen MR) is 82.3 cm³/mol. The highest BCUT2D eigenvalue weighted by atomic mass is 19.4. The molecule has 128 valence electrons. The summed E-state index contributed by atoms with van der Waals surface area (Å²) in [5, 5.41) is 2.73. The second kappa shape index (κ2) is 6.32. The number of allylic oxidation sites excluding steroid dienone is 1. The summed E-state index contributed by atoms with van der Waals surface area (Å²) in [6.07, 6.45) is -0.766. The third-order valence-electron chi connectivity index (χ3n) is 3.92. The van der Waals surface area contributed by atoms with Gasteiger partial charge in [-0.3, -0.25) is 4.79 Å². The molecule has 1 amide bonds. The van der Waals surface area contributed by atoms with E-state index in [1.165, 1.54) is 13.2 Å². The molecule has 0 saturated heterocycles. The molecule has 3 rings (SSSR count). The summed E-state index contributed by atoms with van der Waals surface area (Å²) in [6.45, 7) is -1.36. The highest BCUT2D eigenvalue weighted by Crippen LogP contribution is 2.35. The number of hydrogen-bond donors (Lipinski definition) is 1. The van der Waals surface area contributed by atoms with Crippen molar-refractivity contribution in [3.05, 3.63) is 47.2 Å². The smallest absolute Gasteiger partial charge is 0.422 e. The van der Waals surface area contributed by atoms with Crippen molar-refractivity contribution in [1.82, 2.24) is 0 Å². The van der Waals surface area contributed by atoms with Crippen molar-refractivity contribution in [3.63, 3.8) is 0 Å². The standard InChI is InChI=1S/C17H16F3NO3/c1-23-13-3-2-4-14(24-9-17(18,19)20)16(13)10-5-6-12-11(7-10)8-15(22)21-12/h2,4-7,13H,3,8-9H2,1H3,(H,21,22). The van der Waals surface area contributed by atoms with E-state index in [9.17, 15) is 18.0 Å². The summed E-state index contributed by atoms with van der Waals surface area (Å²) in [5.74, 6) is 0.0409. The van der Waals surface area contributed by atoms with Crippen LogP contribution in [-0.2, 0) is 20.7 Å². The van der Waals surface area contributed by atoms with Gasteiger partial charge in [-0.05, 0) is 35.8 Å². The van der Waals surface area contributed by atoms with Crippen LogP contribution in [0.2, 0.25) is 0 Å². The lowest BCUT2D eigenvalue weighted by atomic mass is 9.91. The summed E-state index contributed by atoms with van der Waals surface area (Å²) in [4.78, 5) is 11.5. The van der Waals surface area contributed by atoms with Gasteiger partial charge in [-0.1, -0.05) is 12.1 Å². The molecule has 1 unspecified atom stereocenters. The van der Waals surface area contributed by atoms with Crippen LogP contribution >= 0.6 is 0 Å². The summed E-state index contributed by atoms with van der Waals surface area (Å²) in [5.41, 5.74) is 2.79. The molecule has 1 heterocycles. The molecule has 1 N–H and O–H groups in total. The van der Waals surface area contributed by atoms with E-state index in [1.807, 2.05) is 0 Å². The molecule has 2 aliphatic rings. The van der Waals surface area contributed by atoms with E-state index in [1.54, 1.807) is 24.3 Å². The number of halogens is 3.